The highest BCUT2D eigenvalue weighted by atomic mass is 32.2. The Morgan fingerprint density at radius 1 is 1.50 bits per heavy atom. The quantitative estimate of drug-likeness (QED) is 0.887. The second-order valence-corrected chi connectivity index (χ2v) is 5.99. The van der Waals surface area contributed by atoms with Gasteiger partial charge >= 0.3 is 12.0 Å². The minimum Gasteiger partial charge on any atom is -0.480 e. The van der Waals surface area contributed by atoms with E-state index in [1.54, 1.807) is 12.4 Å². The molecule has 2 heterocycles. The molecule has 6 nitrogen and oxygen atoms in total. The number of rotatable bonds is 3. The molecule has 0 spiro atoms. The molecule has 0 bridgehead atoms. The van der Waals surface area contributed by atoms with Crippen molar-refractivity contribution in [2.24, 2.45) is 0 Å². The summed E-state index contributed by atoms with van der Waals surface area (Å²) < 4.78 is 0. The highest BCUT2D eigenvalue weighted by molar-refractivity contribution is 8.00. The molecule has 2 amide bonds. The van der Waals surface area contributed by atoms with E-state index in [9.17, 15) is 9.59 Å². The van der Waals surface area contributed by atoms with Crippen LogP contribution < -0.4 is 5.32 Å². The minimum absolute atomic E-state index is 0.138. The number of amides is 2. The first-order chi connectivity index (χ1) is 9.50. The van der Waals surface area contributed by atoms with Gasteiger partial charge in [-0.2, -0.15) is 0 Å². The molecule has 1 saturated heterocycles. The summed E-state index contributed by atoms with van der Waals surface area (Å²) in [6.45, 7) is 3.70. The maximum Gasteiger partial charge on any atom is 0.327 e. The molecular weight excluding hydrogens is 278 g/mol. The van der Waals surface area contributed by atoms with E-state index in [1.807, 2.05) is 26.0 Å². The van der Waals surface area contributed by atoms with Gasteiger partial charge in [0.05, 0.1) is 11.4 Å². The van der Waals surface area contributed by atoms with E-state index in [4.69, 9.17) is 5.11 Å². The van der Waals surface area contributed by atoms with Crippen LogP contribution in [0.3, 0.4) is 0 Å². The van der Waals surface area contributed by atoms with Crippen LogP contribution in [0.5, 0.6) is 0 Å². The Morgan fingerprint density at radius 2 is 2.15 bits per heavy atom. The van der Waals surface area contributed by atoms with E-state index >= 15 is 0 Å². The van der Waals surface area contributed by atoms with Crippen LogP contribution in [0.4, 0.5) is 4.79 Å². The van der Waals surface area contributed by atoms with Crippen molar-refractivity contribution >= 4 is 23.8 Å². The number of carbonyl (C=O) groups excluding carboxylic acids is 1. The van der Waals surface area contributed by atoms with Gasteiger partial charge in [-0.25, -0.2) is 9.59 Å². The zero-order chi connectivity index (χ0) is 14.7. The molecule has 1 aliphatic rings. The van der Waals surface area contributed by atoms with Crippen molar-refractivity contribution < 1.29 is 14.7 Å². The molecular formula is C13H17N3O3S. The van der Waals surface area contributed by atoms with Crippen LogP contribution in [-0.2, 0) is 4.79 Å². The molecule has 0 radical (unpaired) electrons. The zero-order valence-electron chi connectivity index (χ0n) is 11.3. The highest BCUT2D eigenvalue weighted by Crippen LogP contribution is 2.29. The Balaban J connectivity index is 2.05. The van der Waals surface area contributed by atoms with E-state index in [-0.39, 0.29) is 17.4 Å². The second kappa shape index (κ2) is 6.13. The molecule has 1 fully saturated rings. The smallest absolute Gasteiger partial charge is 0.327 e. The van der Waals surface area contributed by atoms with E-state index in [2.05, 4.69) is 10.3 Å². The van der Waals surface area contributed by atoms with Crippen molar-refractivity contribution in [3.8, 4) is 0 Å². The van der Waals surface area contributed by atoms with E-state index in [0.717, 1.165) is 5.56 Å². The zero-order valence-corrected chi connectivity index (χ0v) is 12.1. The number of aromatic nitrogens is 1. The van der Waals surface area contributed by atoms with Crippen molar-refractivity contribution in [1.82, 2.24) is 15.2 Å². The van der Waals surface area contributed by atoms with Crippen LogP contribution in [0, 0.1) is 0 Å². The summed E-state index contributed by atoms with van der Waals surface area (Å²) >= 11 is 1.47. The molecule has 1 aliphatic heterocycles. The topological polar surface area (TPSA) is 82.5 Å². The molecule has 0 saturated carbocycles. The Kier molecular flexibility index (Phi) is 4.49. The number of carboxylic acid groups (broad SMARTS) is 1. The standard InChI is InChI=1S/C13H17N3O3S/c1-8(10-3-5-14-6-4-10)15-13(19)16-9(2)20-7-11(16)12(17)18/h3-6,8-9,11H,7H2,1-2H3,(H,15,19)(H,17,18). The normalized spacial score (nSPS) is 23.4. The number of pyridine rings is 1. The molecule has 3 unspecified atom stereocenters. The summed E-state index contributed by atoms with van der Waals surface area (Å²) in [7, 11) is 0. The van der Waals surface area contributed by atoms with Gasteiger partial charge in [0.2, 0.25) is 0 Å². The van der Waals surface area contributed by atoms with E-state index < -0.39 is 12.0 Å². The lowest BCUT2D eigenvalue weighted by Gasteiger charge is -2.27. The van der Waals surface area contributed by atoms with Crippen LogP contribution in [0.2, 0.25) is 0 Å². The Bertz CT molecular complexity index is 497. The van der Waals surface area contributed by atoms with Crippen molar-refractivity contribution in [3.63, 3.8) is 0 Å². The number of carbonyl (C=O) groups is 2. The molecule has 0 aliphatic carbocycles. The number of hydrogen-bond donors (Lipinski definition) is 2. The van der Waals surface area contributed by atoms with Crippen molar-refractivity contribution in [2.75, 3.05) is 5.75 Å². The van der Waals surface area contributed by atoms with Crippen LogP contribution >= 0.6 is 11.8 Å². The number of hydrogen-bond acceptors (Lipinski definition) is 4. The van der Waals surface area contributed by atoms with Gasteiger partial charge in [0.1, 0.15) is 6.04 Å². The summed E-state index contributed by atoms with van der Waals surface area (Å²) in [5.74, 6) is -0.540. The summed E-state index contributed by atoms with van der Waals surface area (Å²) in [6, 6.07) is 2.33. The van der Waals surface area contributed by atoms with Gasteiger partial charge in [-0.1, -0.05) is 0 Å². The molecule has 2 N–H and O–H groups in total. The van der Waals surface area contributed by atoms with Gasteiger partial charge in [-0.15, -0.1) is 11.8 Å². The maximum atomic E-state index is 12.3. The number of nitrogens with one attached hydrogen (secondary N) is 1. The van der Waals surface area contributed by atoms with Crippen LogP contribution in [0.25, 0.3) is 0 Å². The van der Waals surface area contributed by atoms with Gasteiger partial charge in [-0.05, 0) is 31.5 Å². The number of nitrogens with zero attached hydrogens (tertiary/aromatic N) is 2. The fourth-order valence-corrected chi connectivity index (χ4v) is 3.30. The SMILES string of the molecule is CC(NC(=O)N1C(C)SCC1C(=O)O)c1ccncc1. The predicted molar refractivity (Wildman–Crippen MR) is 76.4 cm³/mol. The molecule has 1 aromatic rings. The first-order valence-corrected chi connectivity index (χ1v) is 7.38. The largest absolute Gasteiger partial charge is 0.480 e. The van der Waals surface area contributed by atoms with E-state index in [0.29, 0.717) is 5.75 Å². The molecule has 1 aromatic heterocycles. The first-order valence-electron chi connectivity index (χ1n) is 6.34. The molecule has 3 atom stereocenters. The predicted octanol–water partition coefficient (Wildman–Crippen LogP) is 1.70. The maximum absolute atomic E-state index is 12.3. The van der Waals surface area contributed by atoms with E-state index in [1.165, 1.54) is 16.7 Å². The van der Waals surface area contributed by atoms with Crippen LogP contribution in [0.1, 0.15) is 25.5 Å². The number of aliphatic carboxylic acids is 1. The van der Waals surface area contributed by atoms with Gasteiger partial charge < -0.3 is 10.4 Å². The number of urea groups is 1. The third-order valence-corrected chi connectivity index (χ3v) is 4.51. The summed E-state index contributed by atoms with van der Waals surface area (Å²) in [5, 5.41) is 11.9. The lowest BCUT2D eigenvalue weighted by Crippen LogP contribution is -2.49. The van der Waals surface area contributed by atoms with Gasteiger partial charge in [-0.3, -0.25) is 9.88 Å². The average molecular weight is 295 g/mol. The summed E-state index contributed by atoms with van der Waals surface area (Å²) in [6.07, 6.45) is 3.32. The molecule has 2 rings (SSSR count). The van der Waals surface area contributed by atoms with Gasteiger partial charge in [0, 0.05) is 18.1 Å². The number of thioether (sulfide) groups is 1. The fourth-order valence-electron chi connectivity index (χ4n) is 2.14. The summed E-state index contributed by atoms with van der Waals surface area (Å²) in [5.41, 5.74) is 0.930. The van der Waals surface area contributed by atoms with Crippen molar-refractivity contribution in [2.45, 2.75) is 31.3 Å². The Morgan fingerprint density at radius 3 is 2.75 bits per heavy atom. The highest BCUT2D eigenvalue weighted by Gasteiger charge is 2.39. The third-order valence-electron chi connectivity index (χ3n) is 3.29. The first kappa shape index (κ1) is 14.6. The van der Waals surface area contributed by atoms with Gasteiger partial charge in [0.25, 0.3) is 0 Å². The molecule has 0 aromatic carbocycles. The lowest BCUT2D eigenvalue weighted by atomic mass is 10.1. The molecule has 20 heavy (non-hydrogen) atoms. The van der Waals surface area contributed by atoms with Crippen LogP contribution in [-0.4, -0.2) is 44.2 Å². The second-order valence-electron chi connectivity index (χ2n) is 4.65. The lowest BCUT2D eigenvalue weighted by molar-refractivity contribution is -0.141. The minimum atomic E-state index is -0.964. The fraction of sp³-hybridized carbons (Fsp3) is 0.462. The molecule has 108 valence electrons. The Labute approximate surface area is 121 Å². The average Bonchev–Trinajstić information content (AvgIpc) is 2.81. The monoisotopic (exact) mass is 295 g/mol. The van der Waals surface area contributed by atoms with Gasteiger partial charge in [0.15, 0.2) is 0 Å². The third kappa shape index (κ3) is 3.04. The van der Waals surface area contributed by atoms with Crippen LogP contribution in [0.15, 0.2) is 24.5 Å². The van der Waals surface area contributed by atoms with Crippen molar-refractivity contribution in [1.29, 1.82) is 0 Å². The van der Waals surface area contributed by atoms with Crippen molar-refractivity contribution in [3.05, 3.63) is 30.1 Å². The molecule has 7 heteroatoms. The Hall–Kier alpha value is -1.76. The summed E-state index contributed by atoms with van der Waals surface area (Å²) in [4.78, 5) is 28.8. The number of carboxylic acids is 1.